The minimum Gasteiger partial charge on any atom is -0.481 e. The van der Waals surface area contributed by atoms with Crippen molar-refractivity contribution in [2.75, 3.05) is 6.54 Å². The minimum absolute atomic E-state index is 0.0207. The zero-order valence-electron chi connectivity index (χ0n) is 13.0. The molecule has 21 heavy (non-hydrogen) atoms. The molecule has 6 heteroatoms. The minimum atomic E-state index is -0.875. The molecule has 0 spiro atoms. The Hall–Kier alpha value is -1.56. The monoisotopic (exact) mass is 312 g/mol. The van der Waals surface area contributed by atoms with E-state index >= 15 is 0 Å². The Kier molecular flexibility index (Phi) is 6.68. The van der Waals surface area contributed by atoms with Gasteiger partial charge in [0.1, 0.15) is 0 Å². The van der Waals surface area contributed by atoms with Gasteiger partial charge < -0.3 is 15.3 Å². The van der Waals surface area contributed by atoms with Gasteiger partial charge >= 0.3 is 12.0 Å². The van der Waals surface area contributed by atoms with E-state index in [2.05, 4.69) is 5.32 Å². The van der Waals surface area contributed by atoms with Gasteiger partial charge in [0.05, 0.1) is 12.5 Å². The van der Waals surface area contributed by atoms with Crippen molar-refractivity contribution in [2.24, 2.45) is 11.8 Å². The number of rotatable bonds is 7. The number of hydrogen-bond acceptors (Lipinski definition) is 3. The maximum absolute atomic E-state index is 12.3. The Labute approximate surface area is 130 Å². The van der Waals surface area contributed by atoms with E-state index in [0.717, 1.165) is 4.88 Å². The molecule has 0 bridgehead atoms. The largest absolute Gasteiger partial charge is 0.481 e. The summed E-state index contributed by atoms with van der Waals surface area (Å²) >= 11 is 1.60. The summed E-state index contributed by atoms with van der Waals surface area (Å²) in [6, 6.07) is 3.77. The quantitative estimate of drug-likeness (QED) is 0.813. The Morgan fingerprint density at radius 3 is 2.43 bits per heavy atom. The first-order valence-electron chi connectivity index (χ1n) is 7.12. The van der Waals surface area contributed by atoms with Crippen molar-refractivity contribution in [1.82, 2.24) is 10.2 Å². The molecule has 1 unspecified atom stereocenters. The number of amides is 2. The van der Waals surface area contributed by atoms with Crippen molar-refractivity contribution in [1.29, 1.82) is 0 Å². The van der Waals surface area contributed by atoms with Crippen molar-refractivity contribution in [3.05, 3.63) is 22.4 Å². The highest BCUT2D eigenvalue weighted by atomic mass is 32.1. The molecule has 118 valence electrons. The Balaban J connectivity index is 2.63. The van der Waals surface area contributed by atoms with Crippen LogP contribution in [-0.4, -0.2) is 34.6 Å². The van der Waals surface area contributed by atoms with Gasteiger partial charge in [-0.15, -0.1) is 11.3 Å². The van der Waals surface area contributed by atoms with Gasteiger partial charge in [-0.05, 0) is 31.2 Å². The average molecular weight is 312 g/mol. The molecule has 0 saturated carbocycles. The third-order valence-electron chi connectivity index (χ3n) is 3.39. The first-order chi connectivity index (χ1) is 9.82. The molecule has 1 aromatic heterocycles. The smallest absolute Gasteiger partial charge is 0.317 e. The SMILES string of the molecule is CC(C)C(CNC(=O)N(Cc1cccs1)C(C)C)C(=O)O. The number of urea groups is 1. The molecule has 1 atom stereocenters. The van der Waals surface area contributed by atoms with Crippen molar-refractivity contribution in [3.63, 3.8) is 0 Å². The number of carbonyl (C=O) groups excluding carboxylic acids is 1. The van der Waals surface area contributed by atoms with Crippen molar-refractivity contribution in [3.8, 4) is 0 Å². The van der Waals surface area contributed by atoms with E-state index in [0.29, 0.717) is 6.54 Å². The third-order valence-corrected chi connectivity index (χ3v) is 4.25. The first kappa shape index (κ1) is 17.5. The molecule has 0 fully saturated rings. The maximum atomic E-state index is 12.3. The van der Waals surface area contributed by atoms with E-state index in [9.17, 15) is 9.59 Å². The highest BCUT2D eigenvalue weighted by molar-refractivity contribution is 7.09. The van der Waals surface area contributed by atoms with Crippen LogP contribution in [-0.2, 0) is 11.3 Å². The molecule has 2 N–H and O–H groups in total. The van der Waals surface area contributed by atoms with Gasteiger partial charge in [0, 0.05) is 17.5 Å². The van der Waals surface area contributed by atoms with Crippen LogP contribution in [0.15, 0.2) is 17.5 Å². The standard InChI is InChI=1S/C15H24N2O3S/c1-10(2)13(14(18)19)8-16-15(20)17(11(3)4)9-12-6-5-7-21-12/h5-7,10-11,13H,8-9H2,1-4H3,(H,16,20)(H,18,19). The van der Waals surface area contributed by atoms with Gasteiger partial charge in [-0.25, -0.2) is 4.79 Å². The van der Waals surface area contributed by atoms with Crippen LogP contribution in [0, 0.1) is 11.8 Å². The molecule has 0 saturated heterocycles. The zero-order valence-corrected chi connectivity index (χ0v) is 13.8. The lowest BCUT2D eigenvalue weighted by Crippen LogP contribution is -2.46. The van der Waals surface area contributed by atoms with Crippen molar-refractivity contribution in [2.45, 2.75) is 40.3 Å². The van der Waals surface area contributed by atoms with Crippen LogP contribution in [0.2, 0.25) is 0 Å². The van der Waals surface area contributed by atoms with E-state index in [-0.39, 0.29) is 24.5 Å². The van der Waals surface area contributed by atoms with Crippen LogP contribution in [0.1, 0.15) is 32.6 Å². The first-order valence-corrected chi connectivity index (χ1v) is 8.00. The summed E-state index contributed by atoms with van der Waals surface area (Å²) in [5.41, 5.74) is 0. The summed E-state index contributed by atoms with van der Waals surface area (Å²) in [5.74, 6) is -1.46. The average Bonchev–Trinajstić information content (AvgIpc) is 2.87. The maximum Gasteiger partial charge on any atom is 0.317 e. The summed E-state index contributed by atoms with van der Waals surface area (Å²) < 4.78 is 0. The predicted octanol–water partition coefficient (Wildman–Crippen LogP) is 3.02. The second-order valence-corrected chi connectivity index (χ2v) is 6.71. The third kappa shape index (κ3) is 5.38. The lowest BCUT2D eigenvalue weighted by Gasteiger charge is -2.27. The van der Waals surface area contributed by atoms with Crippen molar-refractivity contribution < 1.29 is 14.7 Å². The normalized spacial score (nSPS) is 12.5. The van der Waals surface area contributed by atoms with E-state index < -0.39 is 11.9 Å². The molecule has 1 rings (SSSR count). The topological polar surface area (TPSA) is 69.6 Å². The van der Waals surface area contributed by atoms with Crippen LogP contribution >= 0.6 is 11.3 Å². The lowest BCUT2D eigenvalue weighted by atomic mass is 9.96. The molecule has 0 aliphatic rings. The predicted molar refractivity (Wildman–Crippen MR) is 84.4 cm³/mol. The number of thiophene rings is 1. The molecule has 1 heterocycles. The fourth-order valence-corrected chi connectivity index (χ4v) is 2.67. The molecular weight excluding hydrogens is 288 g/mol. The van der Waals surface area contributed by atoms with Gasteiger partial charge in [-0.1, -0.05) is 19.9 Å². The highest BCUT2D eigenvalue weighted by Gasteiger charge is 2.24. The number of hydrogen-bond donors (Lipinski definition) is 2. The van der Waals surface area contributed by atoms with Crippen LogP contribution in [0.5, 0.6) is 0 Å². The fraction of sp³-hybridized carbons (Fsp3) is 0.600. The molecule has 0 aliphatic heterocycles. The Morgan fingerprint density at radius 1 is 1.33 bits per heavy atom. The lowest BCUT2D eigenvalue weighted by molar-refractivity contribution is -0.142. The molecule has 0 aliphatic carbocycles. The molecule has 1 aromatic rings. The van der Waals surface area contributed by atoms with E-state index in [1.807, 2.05) is 45.2 Å². The van der Waals surface area contributed by atoms with Gasteiger partial charge in [0.25, 0.3) is 0 Å². The zero-order chi connectivity index (χ0) is 16.0. The van der Waals surface area contributed by atoms with Gasteiger partial charge in [0.15, 0.2) is 0 Å². The second-order valence-electron chi connectivity index (χ2n) is 5.68. The fourth-order valence-electron chi connectivity index (χ4n) is 1.97. The number of carbonyl (C=O) groups is 2. The van der Waals surface area contributed by atoms with Gasteiger partial charge in [-0.2, -0.15) is 0 Å². The Bertz CT molecular complexity index is 457. The molecular formula is C15H24N2O3S. The van der Waals surface area contributed by atoms with Crippen LogP contribution in [0.3, 0.4) is 0 Å². The number of carboxylic acids is 1. The van der Waals surface area contributed by atoms with Crippen molar-refractivity contribution >= 4 is 23.3 Å². The molecule has 0 radical (unpaired) electrons. The van der Waals surface area contributed by atoms with Crippen LogP contribution in [0.25, 0.3) is 0 Å². The molecule has 2 amide bonds. The number of aliphatic carboxylic acids is 1. The summed E-state index contributed by atoms with van der Waals surface area (Å²) in [7, 11) is 0. The van der Waals surface area contributed by atoms with Gasteiger partial charge in [0.2, 0.25) is 0 Å². The summed E-state index contributed by atoms with van der Waals surface area (Å²) in [6.07, 6.45) is 0. The molecule has 0 aromatic carbocycles. The van der Waals surface area contributed by atoms with E-state index in [1.54, 1.807) is 16.2 Å². The summed E-state index contributed by atoms with van der Waals surface area (Å²) in [4.78, 5) is 26.3. The second kappa shape index (κ2) is 8.02. The number of nitrogens with zero attached hydrogens (tertiary/aromatic N) is 1. The van der Waals surface area contributed by atoms with E-state index in [1.165, 1.54) is 0 Å². The number of carboxylic acid groups (broad SMARTS) is 1. The summed E-state index contributed by atoms with van der Waals surface area (Å²) in [6.45, 7) is 8.28. The summed E-state index contributed by atoms with van der Waals surface area (Å²) in [5, 5.41) is 13.9. The highest BCUT2D eigenvalue weighted by Crippen LogP contribution is 2.15. The van der Waals surface area contributed by atoms with Gasteiger partial charge in [-0.3, -0.25) is 4.79 Å². The van der Waals surface area contributed by atoms with Crippen LogP contribution in [0.4, 0.5) is 4.79 Å². The van der Waals surface area contributed by atoms with Crippen LogP contribution < -0.4 is 5.32 Å². The number of nitrogens with one attached hydrogen (secondary N) is 1. The van der Waals surface area contributed by atoms with E-state index in [4.69, 9.17) is 5.11 Å². The Morgan fingerprint density at radius 2 is 2.00 bits per heavy atom. The molecule has 5 nitrogen and oxygen atoms in total.